The number of nitrogens with one attached hydrogen (secondary N) is 2. The van der Waals surface area contributed by atoms with E-state index in [0.717, 1.165) is 4.70 Å². The van der Waals surface area contributed by atoms with Gasteiger partial charge in [-0.25, -0.2) is 13.4 Å². The third-order valence-corrected chi connectivity index (χ3v) is 7.20. The number of sulfonamides is 1. The van der Waals surface area contributed by atoms with Crippen LogP contribution in [0, 0.1) is 0 Å². The molecule has 1 aromatic heterocycles. The molecule has 33 heavy (non-hydrogen) atoms. The Morgan fingerprint density at radius 1 is 1.03 bits per heavy atom. The van der Waals surface area contributed by atoms with E-state index >= 15 is 0 Å². The molecule has 2 heterocycles. The number of thiazole rings is 1. The van der Waals surface area contributed by atoms with Crippen molar-refractivity contribution in [2.24, 2.45) is 0 Å². The highest BCUT2D eigenvalue weighted by atomic mass is 32.2. The predicted octanol–water partition coefficient (Wildman–Crippen LogP) is 4.09. The van der Waals surface area contributed by atoms with Gasteiger partial charge in [-0.1, -0.05) is 11.3 Å². The minimum atomic E-state index is -3.77. The summed E-state index contributed by atoms with van der Waals surface area (Å²) in [6.45, 7) is 0.183. The van der Waals surface area contributed by atoms with Gasteiger partial charge in [0.2, 0.25) is 6.79 Å². The van der Waals surface area contributed by atoms with Crippen molar-refractivity contribution >= 4 is 48.3 Å². The Hall–Kier alpha value is -3.83. The van der Waals surface area contributed by atoms with Gasteiger partial charge in [0, 0.05) is 23.4 Å². The van der Waals surface area contributed by atoms with Gasteiger partial charge < -0.3 is 14.2 Å². The Balaban J connectivity index is 1.28. The van der Waals surface area contributed by atoms with E-state index in [2.05, 4.69) is 15.0 Å². The fraction of sp³-hybridized carbons (Fsp3) is 0.0909. The topological polar surface area (TPSA) is 116 Å². The van der Waals surface area contributed by atoms with Crippen molar-refractivity contribution in [2.45, 2.75) is 4.90 Å². The summed E-state index contributed by atoms with van der Waals surface area (Å²) in [4.78, 5) is 17.1. The molecule has 4 aromatic rings. The van der Waals surface area contributed by atoms with E-state index in [4.69, 9.17) is 14.2 Å². The molecule has 1 aliphatic heterocycles. The number of aromatic nitrogens is 1. The van der Waals surface area contributed by atoms with E-state index in [1.165, 1.54) is 54.8 Å². The Morgan fingerprint density at radius 3 is 2.42 bits per heavy atom. The maximum atomic E-state index is 12.6. The highest BCUT2D eigenvalue weighted by molar-refractivity contribution is 7.92. The summed E-state index contributed by atoms with van der Waals surface area (Å²) in [5.41, 5.74) is 1.38. The Kier molecular flexibility index (Phi) is 5.27. The number of fused-ring (bicyclic) bond motifs is 2. The van der Waals surface area contributed by atoms with E-state index in [0.29, 0.717) is 39.1 Å². The van der Waals surface area contributed by atoms with Crippen molar-refractivity contribution in [3.63, 3.8) is 0 Å². The molecule has 0 atom stereocenters. The Bertz CT molecular complexity index is 1410. The van der Waals surface area contributed by atoms with Crippen molar-refractivity contribution in [1.29, 1.82) is 0 Å². The first-order chi connectivity index (χ1) is 15.9. The molecule has 2 N–H and O–H groups in total. The van der Waals surface area contributed by atoms with Gasteiger partial charge >= 0.3 is 0 Å². The van der Waals surface area contributed by atoms with E-state index in [1.807, 2.05) is 6.07 Å². The van der Waals surface area contributed by atoms with Gasteiger partial charge in [-0.15, -0.1) is 0 Å². The number of benzene rings is 3. The number of carbonyl (C=O) groups is 1. The first-order valence-corrected chi connectivity index (χ1v) is 12.0. The molecule has 3 aromatic carbocycles. The summed E-state index contributed by atoms with van der Waals surface area (Å²) in [6.07, 6.45) is 0. The second-order valence-corrected chi connectivity index (χ2v) is 9.72. The number of hydrogen-bond acceptors (Lipinski definition) is 8. The van der Waals surface area contributed by atoms with Crippen molar-refractivity contribution in [1.82, 2.24) is 4.98 Å². The van der Waals surface area contributed by atoms with Crippen molar-refractivity contribution in [2.75, 3.05) is 23.9 Å². The van der Waals surface area contributed by atoms with Crippen LogP contribution in [0.4, 0.5) is 10.8 Å². The van der Waals surface area contributed by atoms with Crippen molar-refractivity contribution in [3.8, 4) is 17.2 Å². The standard InChI is InChI=1S/C22H17N3O6S2/c1-29-15-6-8-16(9-7-15)33(27,28)25-14-4-2-13(3-5-14)21(26)24-22-23-17-10-18-19(31-12-30-18)11-20(17)32-22/h2-11,25H,12H2,1H3,(H,23,24,26). The maximum Gasteiger partial charge on any atom is 0.261 e. The number of methoxy groups -OCH3 is 1. The molecule has 5 rings (SSSR count). The summed E-state index contributed by atoms with van der Waals surface area (Å²) in [7, 11) is -2.27. The SMILES string of the molecule is COc1ccc(S(=O)(=O)Nc2ccc(C(=O)Nc3nc4cc5c(cc4s3)OCO5)cc2)cc1. The molecule has 0 bridgehead atoms. The number of amides is 1. The van der Waals surface area contributed by atoms with Gasteiger partial charge in [0.15, 0.2) is 16.6 Å². The lowest BCUT2D eigenvalue weighted by Crippen LogP contribution is -2.14. The lowest BCUT2D eigenvalue weighted by molar-refractivity contribution is 0.102. The average molecular weight is 484 g/mol. The second kappa shape index (κ2) is 8.26. The monoisotopic (exact) mass is 483 g/mol. The first-order valence-electron chi connectivity index (χ1n) is 9.70. The van der Waals surface area contributed by atoms with Gasteiger partial charge in [-0.05, 0) is 48.5 Å². The lowest BCUT2D eigenvalue weighted by Gasteiger charge is -2.09. The van der Waals surface area contributed by atoms with E-state index in [-0.39, 0.29) is 17.6 Å². The molecule has 0 radical (unpaired) electrons. The maximum absolute atomic E-state index is 12.6. The second-order valence-electron chi connectivity index (χ2n) is 7.00. The van der Waals surface area contributed by atoms with Crippen LogP contribution in [0.1, 0.15) is 10.4 Å². The largest absolute Gasteiger partial charge is 0.497 e. The van der Waals surface area contributed by atoms with Gasteiger partial charge in [0.25, 0.3) is 15.9 Å². The van der Waals surface area contributed by atoms with Crippen molar-refractivity contribution < 1.29 is 27.4 Å². The molecule has 0 aliphatic carbocycles. The molecule has 1 amide bonds. The van der Waals surface area contributed by atoms with Crippen LogP contribution in [0.2, 0.25) is 0 Å². The quantitative estimate of drug-likeness (QED) is 0.424. The third kappa shape index (κ3) is 4.28. The van der Waals surface area contributed by atoms with Crippen LogP contribution in [0.15, 0.2) is 65.6 Å². The third-order valence-electron chi connectivity index (χ3n) is 4.87. The number of hydrogen-bond donors (Lipinski definition) is 2. The van der Waals surface area contributed by atoms with E-state index < -0.39 is 10.0 Å². The van der Waals surface area contributed by atoms with Gasteiger partial charge in [0.1, 0.15) is 5.75 Å². The van der Waals surface area contributed by atoms with Crippen LogP contribution < -0.4 is 24.2 Å². The van der Waals surface area contributed by atoms with Gasteiger partial charge in [-0.3, -0.25) is 14.8 Å². The number of carbonyl (C=O) groups excluding carboxylic acids is 1. The number of ether oxygens (including phenoxy) is 3. The molecule has 0 spiro atoms. The first kappa shape index (κ1) is 21.0. The molecule has 1 aliphatic rings. The molecule has 11 heteroatoms. The normalized spacial score (nSPS) is 12.5. The fourth-order valence-corrected chi connectivity index (χ4v) is 5.13. The molecule has 168 valence electrons. The Morgan fingerprint density at radius 2 is 1.73 bits per heavy atom. The molecule has 0 fully saturated rings. The van der Waals surface area contributed by atoms with Crippen LogP contribution in [0.5, 0.6) is 17.2 Å². The lowest BCUT2D eigenvalue weighted by atomic mass is 10.2. The van der Waals surface area contributed by atoms with Crippen LogP contribution in [-0.2, 0) is 10.0 Å². The summed E-state index contributed by atoms with van der Waals surface area (Å²) in [6, 6.07) is 15.7. The summed E-state index contributed by atoms with van der Waals surface area (Å²) >= 11 is 1.32. The number of nitrogens with zero attached hydrogens (tertiary/aromatic N) is 1. The van der Waals surface area contributed by atoms with E-state index in [1.54, 1.807) is 18.2 Å². The van der Waals surface area contributed by atoms with Gasteiger partial charge in [0.05, 0.1) is 22.2 Å². The Labute approximate surface area is 193 Å². The number of anilines is 2. The molecule has 9 nitrogen and oxygen atoms in total. The molecule has 0 unspecified atom stereocenters. The number of rotatable bonds is 6. The van der Waals surface area contributed by atoms with E-state index in [9.17, 15) is 13.2 Å². The average Bonchev–Trinajstić information content (AvgIpc) is 3.42. The molecule has 0 saturated heterocycles. The zero-order chi connectivity index (χ0) is 23.0. The molecular weight excluding hydrogens is 466 g/mol. The van der Waals surface area contributed by atoms with Crippen LogP contribution >= 0.6 is 11.3 Å². The summed E-state index contributed by atoms with van der Waals surface area (Å²) < 4.78 is 44.2. The van der Waals surface area contributed by atoms with Crippen LogP contribution in [0.3, 0.4) is 0 Å². The fourth-order valence-electron chi connectivity index (χ4n) is 3.20. The highest BCUT2D eigenvalue weighted by Crippen LogP contribution is 2.39. The van der Waals surface area contributed by atoms with Gasteiger partial charge in [-0.2, -0.15) is 0 Å². The predicted molar refractivity (Wildman–Crippen MR) is 124 cm³/mol. The van der Waals surface area contributed by atoms with Crippen LogP contribution in [0.25, 0.3) is 10.2 Å². The minimum Gasteiger partial charge on any atom is -0.497 e. The summed E-state index contributed by atoms with van der Waals surface area (Å²) in [5.74, 6) is 1.47. The molecule has 0 saturated carbocycles. The zero-order valence-electron chi connectivity index (χ0n) is 17.2. The molecular formula is C22H17N3O6S2. The van der Waals surface area contributed by atoms with Crippen LogP contribution in [-0.4, -0.2) is 33.2 Å². The summed E-state index contributed by atoms with van der Waals surface area (Å²) in [5, 5.41) is 3.20. The smallest absolute Gasteiger partial charge is 0.261 e. The minimum absolute atomic E-state index is 0.0998. The zero-order valence-corrected chi connectivity index (χ0v) is 18.8. The highest BCUT2D eigenvalue weighted by Gasteiger charge is 2.18. The van der Waals surface area contributed by atoms with Crippen molar-refractivity contribution in [3.05, 3.63) is 66.2 Å².